The normalized spacial score (nSPS) is 17.2. The van der Waals surface area contributed by atoms with Crippen molar-refractivity contribution < 1.29 is 4.39 Å². The highest BCUT2D eigenvalue weighted by atomic mass is 32.2. The van der Waals surface area contributed by atoms with Crippen LogP contribution < -0.4 is 11.1 Å². The first-order chi connectivity index (χ1) is 7.56. The summed E-state index contributed by atoms with van der Waals surface area (Å²) in [5.41, 5.74) is 7.74. The van der Waals surface area contributed by atoms with Crippen molar-refractivity contribution in [3.8, 4) is 0 Å². The van der Waals surface area contributed by atoms with Crippen LogP contribution in [0.25, 0.3) is 0 Å². The third-order valence-corrected chi connectivity index (χ3v) is 4.59. The first kappa shape index (κ1) is 11.6. The van der Waals surface area contributed by atoms with E-state index in [0.717, 1.165) is 12.2 Å². The molecule has 0 radical (unpaired) electrons. The van der Waals surface area contributed by atoms with Gasteiger partial charge in [0.1, 0.15) is 5.82 Å². The Morgan fingerprint density at radius 2 is 2.19 bits per heavy atom. The van der Waals surface area contributed by atoms with Gasteiger partial charge in [0.25, 0.3) is 0 Å². The molecule has 1 aromatic carbocycles. The Morgan fingerprint density at radius 3 is 2.75 bits per heavy atom. The van der Waals surface area contributed by atoms with E-state index in [9.17, 15) is 4.39 Å². The van der Waals surface area contributed by atoms with Crippen LogP contribution in [0.5, 0.6) is 0 Å². The number of benzene rings is 1. The largest absolute Gasteiger partial charge is 0.397 e. The summed E-state index contributed by atoms with van der Waals surface area (Å²) < 4.78 is 13.6. The highest BCUT2D eigenvalue weighted by molar-refractivity contribution is 8.00. The average Bonchev–Trinajstić information content (AvgIpc) is 3.02. The van der Waals surface area contributed by atoms with Gasteiger partial charge in [-0.15, -0.1) is 0 Å². The van der Waals surface area contributed by atoms with Gasteiger partial charge in [0.2, 0.25) is 0 Å². The molecule has 1 aromatic rings. The average molecular weight is 240 g/mol. The zero-order chi connectivity index (χ0) is 11.8. The van der Waals surface area contributed by atoms with Crippen molar-refractivity contribution in [3.05, 3.63) is 23.5 Å². The Labute approximate surface area is 99.8 Å². The van der Waals surface area contributed by atoms with Crippen LogP contribution in [0, 0.1) is 12.7 Å². The molecule has 0 saturated heterocycles. The molecule has 0 heterocycles. The number of hydrogen-bond acceptors (Lipinski definition) is 3. The summed E-state index contributed by atoms with van der Waals surface area (Å²) in [6, 6.07) is 3.16. The maximum atomic E-state index is 13.2. The number of nitrogen functional groups attached to an aromatic ring is 1. The maximum Gasteiger partial charge on any atom is 0.128 e. The summed E-state index contributed by atoms with van der Waals surface area (Å²) in [5, 5.41) is 3.32. The first-order valence-corrected chi connectivity index (χ1v) is 6.63. The summed E-state index contributed by atoms with van der Waals surface area (Å²) in [6.45, 7) is 2.66. The van der Waals surface area contributed by atoms with Crippen LogP contribution in [0.3, 0.4) is 0 Å². The fourth-order valence-electron chi connectivity index (χ4n) is 1.70. The number of aryl methyl sites for hydroxylation is 1. The molecule has 1 aliphatic carbocycles. The van der Waals surface area contributed by atoms with E-state index in [2.05, 4.69) is 11.6 Å². The molecule has 0 spiro atoms. The minimum absolute atomic E-state index is 0.242. The van der Waals surface area contributed by atoms with Gasteiger partial charge in [-0.1, -0.05) is 0 Å². The SMILES string of the molecule is CSC1(CNc2cc(C)c(F)cc2N)CC1. The third kappa shape index (κ3) is 2.26. The molecule has 3 N–H and O–H groups in total. The zero-order valence-corrected chi connectivity index (χ0v) is 10.5. The van der Waals surface area contributed by atoms with E-state index in [4.69, 9.17) is 5.73 Å². The lowest BCUT2D eigenvalue weighted by Gasteiger charge is -2.16. The highest BCUT2D eigenvalue weighted by Crippen LogP contribution is 2.47. The van der Waals surface area contributed by atoms with Gasteiger partial charge in [-0.25, -0.2) is 4.39 Å². The van der Waals surface area contributed by atoms with Crippen LogP contribution >= 0.6 is 11.8 Å². The van der Waals surface area contributed by atoms with E-state index in [1.54, 1.807) is 13.0 Å². The molecule has 2 rings (SSSR count). The minimum Gasteiger partial charge on any atom is -0.397 e. The van der Waals surface area contributed by atoms with E-state index in [-0.39, 0.29) is 5.82 Å². The molecule has 0 aliphatic heterocycles. The van der Waals surface area contributed by atoms with E-state index < -0.39 is 0 Å². The van der Waals surface area contributed by atoms with Crippen molar-refractivity contribution in [2.24, 2.45) is 0 Å². The molecular weight excluding hydrogens is 223 g/mol. The van der Waals surface area contributed by atoms with Gasteiger partial charge in [-0.2, -0.15) is 11.8 Å². The second-order valence-electron chi connectivity index (χ2n) is 4.43. The maximum absolute atomic E-state index is 13.2. The summed E-state index contributed by atoms with van der Waals surface area (Å²) in [7, 11) is 0. The fourth-order valence-corrected chi connectivity index (χ4v) is 2.43. The van der Waals surface area contributed by atoms with Crippen LogP contribution in [0.2, 0.25) is 0 Å². The number of rotatable bonds is 4. The summed E-state index contributed by atoms with van der Waals surface area (Å²) >= 11 is 1.89. The summed E-state index contributed by atoms with van der Waals surface area (Å²) in [5.74, 6) is -0.242. The number of nitrogens with one attached hydrogen (secondary N) is 1. The quantitative estimate of drug-likeness (QED) is 0.794. The number of hydrogen-bond donors (Lipinski definition) is 2. The molecule has 0 amide bonds. The molecule has 16 heavy (non-hydrogen) atoms. The molecule has 1 fully saturated rings. The lowest BCUT2D eigenvalue weighted by Crippen LogP contribution is -2.18. The topological polar surface area (TPSA) is 38.0 Å². The molecule has 1 saturated carbocycles. The first-order valence-electron chi connectivity index (χ1n) is 5.41. The second kappa shape index (κ2) is 4.17. The van der Waals surface area contributed by atoms with Gasteiger partial charge in [0, 0.05) is 11.3 Å². The lowest BCUT2D eigenvalue weighted by molar-refractivity contribution is 0.619. The lowest BCUT2D eigenvalue weighted by atomic mass is 10.2. The van der Waals surface area contributed by atoms with Gasteiger partial charge < -0.3 is 11.1 Å². The van der Waals surface area contributed by atoms with Gasteiger partial charge in [-0.05, 0) is 43.7 Å². The molecule has 88 valence electrons. The van der Waals surface area contributed by atoms with Gasteiger partial charge in [0.05, 0.1) is 11.4 Å². The molecule has 0 unspecified atom stereocenters. The van der Waals surface area contributed by atoms with E-state index in [0.29, 0.717) is 16.0 Å². The van der Waals surface area contributed by atoms with Gasteiger partial charge in [0.15, 0.2) is 0 Å². The zero-order valence-electron chi connectivity index (χ0n) is 9.64. The Bertz CT molecular complexity index is 402. The molecular formula is C12H17FN2S. The third-order valence-electron chi connectivity index (χ3n) is 3.17. The predicted octanol–water partition coefficient (Wildman–Crippen LogP) is 3.02. The monoisotopic (exact) mass is 240 g/mol. The molecule has 1 aliphatic rings. The highest BCUT2D eigenvalue weighted by Gasteiger charge is 2.41. The smallest absolute Gasteiger partial charge is 0.128 e. The van der Waals surface area contributed by atoms with Crippen molar-refractivity contribution in [1.82, 2.24) is 0 Å². The van der Waals surface area contributed by atoms with Crippen LogP contribution in [0.4, 0.5) is 15.8 Å². The second-order valence-corrected chi connectivity index (χ2v) is 5.70. The molecule has 0 bridgehead atoms. The molecule has 4 heteroatoms. The standard InChI is InChI=1S/C12H17FN2S/c1-8-5-11(10(14)6-9(8)13)15-7-12(16-2)3-4-12/h5-6,15H,3-4,7,14H2,1-2H3. The Kier molecular flexibility index (Phi) is 3.02. The predicted molar refractivity (Wildman–Crippen MR) is 69.5 cm³/mol. The Hall–Kier alpha value is -0.900. The van der Waals surface area contributed by atoms with Gasteiger partial charge in [-0.3, -0.25) is 0 Å². The van der Waals surface area contributed by atoms with E-state index >= 15 is 0 Å². The summed E-state index contributed by atoms with van der Waals surface area (Å²) in [6.07, 6.45) is 4.64. The van der Waals surface area contributed by atoms with Gasteiger partial charge >= 0.3 is 0 Å². The van der Waals surface area contributed by atoms with Crippen molar-refractivity contribution in [2.75, 3.05) is 23.9 Å². The van der Waals surface area contributed by atoms with Crippen molar-refractivity contribution in [2.45, 2.75) is 24.5 Å². The van der Waals surface area contributed by atoms with Crippen LogP contribution in [-0.4, -0.2) is 17.5 Å². The number of nitrogens with two attached hydrogens (primary N) is 1. The van der Waals surface area contributed by atoms with Crippen LogP contribution in [-0.2, 0) is 0 Å². The van der Waals surface area contributed by atoms with Crippen LogP contribution in [0.15, 0.2) is 12.1 Å². The van der Waals surface area contributed by atoms with Crippen molar-refractivity contribution in [3.63, 3.8) is 0 Å². The van der Waals surface area contributed by atoms with Crippen LogP contribution in [0.1, 0.15) is 18.4 Å². The Morgan fingerprint density at radius 1 is 1.50 bits per heavy atom. The Balaban J connectivity index is 2.07. The van der Waals surface area contributed by atoms with Crippen molar-refractivity contribution in [1.29, 1.82) is 0 Å². The van der Waals surface area contributed by atoms with Crippen molar-refractivity contribution >= 4 is 23.1 Å². The minimum atomic E-state index is -0.242. The molecule has 2 nitrogen and oxygen atoms in total. The van der Waals surface area contributed by atoms with E-state index in [1.165, 1.54) is 18.9 Å². The molecule has 0 aromatic heterocycles. The number of halogens is 1. The fraction of sp³-hybridized carbons (Fsp3) is 0.500. The number of thioether (sulfide) groups is 1. The summed E-state index contributed by atoms with van der Waals surface area (Å²) in [4.78, 5) is 0. The molecule has 0 atom stereocenters. The van der Waals surface area contributed by atoms with E-state index in [1.807, 2.05) is 11.8 Å². The number of anilines is 2.